The Morgan fingerprint density at radius 2 is 2.25 bits per heavy atom. The first kappa shape index (κ1) is 12.4. The fraction of sp³-hybridized carbons (Fsp3) is 0.500. The van der Waals surface area contributed by atoms with Crippen molar-refractivity contribution in [1.82, 2.24) is 10.2 Å². The second-order valence-electron chi connectivity index (χ2n) is 3.49. The van der Waals surface area contributed by atoms with Crippen molar-refractivity contribution in [2.75, 3.05) is 11.9 Å². The van der Waals surface area contributed by atoms with Gasteiger partial charge in [0, 0.05) is 6.04 Å². The van der Waals surface area contributed by atoms with E-state index in [2.05, 4.69) is 22.4 Å². The zero-order valence-corrected chi connectivity index (χ0v) is 9.31. The number of aromatic nitrogens is 2. The van der Waals surface area contributed by atoms with Crippen LogP contribution in [-0.4, -0.2) is 28.7 Å². The number of carbonyl (C=O) groups excluding carboxylic acids is 1. The van der Waals surface area contributed by atoms with Crippen molar-refractivity contribution in [2.24, 2.45) is 11.5 Å². The molecule has 0 aromatic carbocycles. The first-order chi connectivity index (χ1) is 7.67. The molecule has 0 saturated heterocycles. The third-order valence-electron chi connectivity index (χ3n) is 2.28. The fourth-order valence-corrected chi connectivity index (χ4v) is 1.33. The molecule has 0 saturated carbocycles. The van der Waals surface area contributed by atoms with Crippen LogP contribution in [-0.2, 0) is 0 Å². The summed E-state index contributed by atoms with van der Waals surface area (Å²) in [6.45, 7) is 2.69. The summed E-state index contributed by atoms with van der Waals surface area (Å²) < 4.78 is 0. The molecule has 0 aliphatic heterocycles. The maximum Gasteiger partial charge on any atom is 0.269 e. The smallest absolute Gasteiger partial charge is 0.269 e. The van der Waals surface area contributed by atoms with Gasteiger partial charge in [-0.1, -0.05) is 6.92 Å². The molecule has 1 aromatic rings. The van der Waals surface area contributed by atoms with Crippen molar-refractivity contribution in [3.8, 4) is 0 Å². The topological polar surface area (TPSA) is 107 Å². The summed E-state index contributed by atoms with van der Waals surface area (Å²) in [5.41, 5.74) is 10.7. The molecule has 0 bridgehead atoms. The van der Waals surface area contributed by atoms with Gasteiger partial charge in [-0.05, 0) is 31.5 Å². The van der Waals surface area contributed by atoms with Crippen molar-refractivity contribution in [1.29, 1.82) is 0 Å². The van der Waals surface area contributed by atoms with Gasteiger partial charge in [-0.2, -0.15) is 0 Å². The van der Waals surface area contributed by atoms with Gasteiger partial charge in [-0.25, -0.2) is 0 Å². The first-order valence-electron chi connectivity index (χ1n) is 5.27. The van der Waals surface area contributed by atoms with Crippen LogP contribution < -0.4 is 16.8 Å². The number of amides is 1. The molecule has 1 rings (SSSR count). The maximum atomic E-state index is 10.8. The minimum absolute atomic E-state index is 0.164. The number of anilines is 1. The van der Waals surface area contributed by atoms with E-state index in [1.54, 1.807) is 12.1 Å². The van der Waals surface area contributed by atoms with Crippen LogP contribution in [0.15, 0.2) is 12.1 Å². The Balaban J connectivity index is 2.63. The number of nitrogens with zero attached hydrogens (tertiary/aromatic N) is 2. The SMILES string of the molecule is CCC(CCN)Nc1ccc(C(N)=O)nn1. The monoisotopic (exact) mass is 223 g/mol. The van der Waals surface area contributed by atoms with Crippen molar-refractivity contribution >= 4 is 11.7 Å². The van der Waals surface area contributed by atoms with E-state index in [0.29, 0.717) is 12.4 Å². The molecule has 0 aliphatic carbocycles. The van der Waals surface area contributed by atoms with Gasteiger partial charge < -0.3 is 16.8 Å². The van der Waals surface area contributed by atoms with E-state index in [9.17, 15) is 4.79 Å². The zero-order valence-electron chi connectivity index (χ0n) is 9.31. The highest BCUT2D eigenvalue weighted by Gasteiger charge is 2.07. The van der Waals surface area contributed by atoms with E-state index in [0.717, 1.165) is 12.8 Å². The Morgan fingerprint density at radius 3 is 2.69 bits per heavy atom. The lowest BCUT2D eigenvalue weighted by Gasteiger charge is -2.15. The highest BCUT2D eigenvalue weighted by molar-refractivity contribution is 5.90. The Hall–Kier alpha value is -1.69. The van der Waals surface area contributed by atoms with E-state index in [1.807, 2.05) is 0 Å². The van der Waals surface area contributed by atoms with Crippen molar-refractivity contribution in [3.05, 3.63) is 17.8 Å². The van der Waals surface area contributed by atoms with Gasteiger partial charge in [0.1, 0.15) is 5.82 Å². The van der Waals surface area contributed by atoms with Gasteiger partial charge in [0.05, 0.1) is 0 Å². The number of nitrogens with two attached hydrogens (primary N) is 2. The second-order valence-corrected chi connectivity index (χ2v) is 3.49. The molecule has 1 aromatic heterocycles. The van der Waals surface area contributed by atoms with Crippen LogP contribution in [0.2, 0.25) is 0 Å². The van der Waals surface area contributed by atoms with E-state index >= 15 is 0 Å². The first-order valence-corrected chi connectivity index (χ1v) is 5.27. The van der Waals surface area contributed by atoms with Crippen molar-refractivity contribution in [3.63, 3.8) is 0 Å². The van der Waals surface area contributed by atoms with E-state index in [1.165, 1.54) is 0 Å². The molecule has 0 fully saturated rings. The summed E-state index contributed by atoms with van der Waals surface area (Å²) >= 11 is 0. The minimum atomic E-state index is -0.576. The lowest BCUT2D eigenvalue weighted by atomic mass is 10.1. The number of rotatable bonds is 6. The van der Waals surface area contributed by atoms with Gasteiger partial charge in [-0.15, -0.1) is 10.2 Å². The third-order valence-corrected chi connectivity index (χ3v) is 2.28. The van der Waals surface area contributed by atoms with Gasteiger partial charge in [0.15, 0.2) is 5.69 Å². The van der Waals surface area contributed by atoms with E-state index < -0.39 is 5.91 Å². The number of hydrogen-bond acceptors (Lipinski definition) is 5. The number of hydrogen-bond donors (Lipinski definition) is 3. The summed E-state index contributed by atoms with van der Waals surface area (Å²) in [5, 5.41) is 10.8. The molecule has 1 unspecified atom stereocenters. The lowest BCUT2D eigenvalue weighted by Crippen LogP contribution is -2.23. The molecular formula is C10H17N5O. The largest absolute Gasteiger partial charge is 0.366 e. The van der Waals surface area contributed by atoms with Crippen LogP contribution in [0, 0.1) is 0 Å². The Labute approximate surface area is 94.4 Å². The molecule has 6 nitrogen and oxygen atoms in total. The quantitative estimate of drug-likeness (QED) is 0.634. The highest BCUT2D eigenvalue weighted by atomic mass is 16.1. The predicted molar refractivity (Wildman–Crippen MR) is 61.9 cm³/mol. The molecule has 6 heteroatoms. The van der Waals surface area contributed by atoms with E-state index in [4.69, 9.17) is 11.5 Å². The van der Waals surface area contributed by atoms with Crippen LogP contribution in [0.3, 0.4) is 0 Å². The van der Waals surface area contributed by atoms with Crippen LogP contribution in [0.4, 0.5) is 5.82 Å². The summed E-state index contributed by atoms with van der Waals surface area (Å²) in [7, 11) is 0. The molecular weight excluding hydrogens is 206 g/mol. The Morgan fingerprint density at radius 1 is 1.50 bits per heavy atom. The Kier molecular flexibility index (Phi) is 4.65. The molecule has 88 valence electrons. The summed E-state index contributed by atoms with van der Waals surface area (Å²) in [4.78, 5) is 10.8. The lowest BCUT2D eigenvalue weighted by molar-refractivity contribution is 0.0994. The molecule has 5 N–H and O–H groups in total. The third kappa shape index (κ3) is 3.47. The maximum absolute atomic E-state index is 10.8. The molecule has 1 atom stereocenters. The summed E-state index contributed by atoms with van der Waals surface area (Å²) in [5.74, 6) is 0.0540. The van der Waals surface area contributed by atoms with Crippen LogP contribution in [0.5, 0.6) is 0 Å². The van der Waals surface area contributed by atoms with Gasteiger partial charge in [0.2, 0.25) is 0 Å². The standard InChI is InChI=1S/C10H17N5O/c1-2-7(5-6-11)13-9-4-3-8(10(12)16)14-15-9/h3-4,7H,2,5-6,11H2,1H3,(H2,12,16)(H,13,15). The normalized spacial score (nSPS) is 12.1. The molecule has 0 aliphatic rings. The van der Waals surface area contributed by atoms with Crippen LogP contribution >= 0.6 is 0 Å². The summed E-state index contributed by atoms with van der Waals surface area (Å²) in [6, 6.07) is 3.51. The molecule has 1 heterocycles. The molecule has 0 spiro atoms. The Bertz CT molecular complexity index is 338. The van der Waals surface area contributed by atoms with Crippen LogP contribution in [0.25, 0.3) is 0 Å². The minimum Gasteiger partial charge on any atom is -0.366 e. The van der Waals surface area contributed by atoms with E-state index in [-0.39, 0.29) is 11.7 Å². The van der Waals surface area contributed by atoms with Gasteiger partial charge in [0.25, 0.3) is 5.91 Å². The average Bonchev–Trinajstić information content (AvgIpc) is 2.29. The summed E-state index contributed by atoms with van der Waals surface area (Å²) in [6.07, 6.45) is 1.83. The van der Waals surface area contributed by atoms with Crippen molar-refractivity contribution in [2.45, 2.75) is 25.8 Å². The molecule has 1 amide bonds. The average molecular weight is 223 g/mol. The fourth-order valence-electron chi connectivity index (χ4n) is 1.33. The second kappa shape index (κ2) is 6.02. The molecule has 0 radical (unpaired) electrons. The predicted octanol–water partition coefficient (Wildman–Crippen LogP) is 0.115. The number of carbonyl (C=O) groups is 1. The highest BCUT2D eigenvalue weighted by Crippen LogP contribution is 2.07. The van der Waals surface area contributed by atoms with Gasteiger partial charge >= 0.3 is 0 Å². The van der Waals surface area contributed by atoms with Crippen LogP contribution in [0.1, 0.15) is 30.3 Å². The van der Waals surface area contributed by atoms with Crippen molar-refractivity contribution < 1.29 is 4.79 Å². The van der Waals surface area contributed by atoms with Gasteiger partial charge in [-0.3, -0.25) is 4.79 Å². The number of nitrogens with one attached hydrogen (secondary N) is 1. The zero-order chi connectivity index (χ0) is 12.0. The molecule has 16 heavy (non-hydrogen) atoms. The number of primary amides is 1.